The van der Waals surface area contributed by atoms with E-state index in [1.165, 1.54) is 0 Å². The number of hydrogen-bond acceptors (Lipinski definition) is 2. The normalized spacial score (nSPS) is 14.6. The minimum atomic E-state index is -0.398. The summed E-state index contributed by atoms with van der Waals surface area (Å²) in [6, 6.07) is 18.0. The fourth-order valence-corrected chi connectivity index (χ4v) is 4.49. The summed E-state index contributed by atoms with van der Waals surface area (Å²) in [4.78, 5) is 0. The van der Waals surface area contributed by atoms with E-state index in [0.717, 1.165) is 26.7 Å². The van der Waals surface area contributed by atoms with E-state index in [1.807, 2.05) is 42.5 Å². The van der Waals surface area contributed by atoms with Crippen LogP contribution in [0.2, 0.25) is 0 Å². The van der Waals surface area contributed by atoms with Crippen molar-refractivity contribution >= 4 is 15.9 Å². The monoisotopic (exact) mass is 397 g/mol. The van der Waals surface area contributed by atoms with Crippen molar-refractivity contribution in [3.8, 4) is 11.8 Å². The molecular formula is C21H20BrNO2. The van der Waals surface area contributed by atoms with E-state index in [4.69, 9.17) is 0 Å². The molecule has 0 saturated heterocycles. The first-order valence-corrected chi connectivity index (χ1v) is 9.22. The number of benzene rings is 2. The lowest BCUT2D eigenvalue weighted by molar-refractivity contribution is 0.353. The molecule has 0 spiro atoms. The van der Waals surface area contributed by atoms with E-state index in [-0.39, 0.29) is 17.7 Å². The van der Waals surface area contributed by atoms with Gasteiger partial charge in [-0.05, 0) is 29.2 Å². The standard InChI is InChI=1S/C21H20BrNO2/c1-13(2)21(15-9-6-10-16(22)11-15)17-18(21)20(25)23(19(17)24)12-14-7-4-3-5-8-14/h3-11,13,24-25H,12H2,1-2H3. The van der Waals surface area contributed by atoms with Crippen LogP contribution in [0.15, 0.2) is 59.1 Å². The van der Waals surface area contributed by atoms with Crippen LogP contribution in [0, 0.1) is 5.92 Å². The van der Waals surface area contributed by atoms with Crippen molar-refractivity contribution in [1.82, 2.24) is 4.57 Å². The molecule has 3 aromatic rings. The van der Waals surface area contributed by atoms with E-state index in [2.05, 4.69) is 41.9 Å². The third-order valence-electron chi connectivity index (χ3n) is 5.26. The molecule has 0 saturated carbocycles. The number of hydrogen-bond donors (Lipinski definition) is 2. The SMILES string of the molecule is CC(C)C1(c2cccc(Br)c2)c2c1c(O)n(Cc1ccccc1)c2O. The predicted molar refractivity (Wildman–Crippen MR) is 102 cm³/mol. The van der Waals surface area contributed by atoms with Gasteiger partial charge in [-0.25, -0.2) is 0 Å². The molecule has 2 N–H and O–H groups in total. The van der Waals surface area contributed by atoms with Crippen LogP contribution in [0.5, 0.6) is 11.8 Å². The molecule has 128 valence electrons. The average Bonchev–Trinajstić information content (AvgIpc) is 3.24. The lowest BCUT2D eigenvalue weighted by atomic mass is 9.80. The molecule has 0 aliphatic heterocycles. The van der Waals surface area contributed by atoms with E-state index in [1.54, 1.807) is 4.57 Å². The Morgan fingerprint density at radius 3 is 2.16 bits per heavy atom. The Labute approximate surface area is 155 Å². The molecule has 0 bridgehead atoms. The van der Waals surface area contributed by atoms with Gasteiger partial charge >= 0.3 is 0 Å². The number of aromatic nitrogens is 1. The van der Waals surface area contributed by atoms with E-state index < -0.39 is 5.41 Å². The molecule has 0 atom stereocenters. The Morgan fingerprint density at radius 2 is 1.60 bits per heavy atom. The van der Waals surface area contributed by atoms with Crippen molar-refractivity contribution in [3.05, 3.63) is 81.3 Å². The Hall–Kier alpha value is -2.20. The molecule has 0 radical (unpaired) electrons. The van der Waals surface area contributed by atoms with E-state index in [0.29, 0.717) is 6.54 Å². The minimum absolute atomic E-state index is 0.171. The van der Waals surface area contributed by atoms with Crippen molar-refractivity contribution in [2.45, 2.75) is 25.8 Å². The molecule has 3 nitrogen and oxygen atoms in total. The predicted octanol–water partition coefficient (Wildman–Crippen LogP) is 5.01. The lowest BCUT2D eigenvalue weighted by Crippen LogP contribution is -2.21. The number of halogens is 1. The van der Waals surface area contributed by atoms with Crippen LogP contribution in [0.25, 0.3) is 0 Å². The molecule has 1 aliphatic rings. The molecular weight excluding hydrogens is 378 g/mol. The summed E-state index contributed by atoms with van der Waals surface area (Å²) in [6.07, 6.45) is 0. The van der Waals surface area contributed by atoms with Gasteiger partial charge in [0.1, 0.15) is 0 Å². The Bertz CT molecular complexity index is 917. The smallest absolute Gasteiger partial charge is 0.199 e. The number of rotatable bonds is 4. The molecule has 4 heteroatoms. The van der Waals surface area contributed by atoms with Crippen LogP contribution in [-0.2, 0) is 12.0 Å². The fourth-order valence-electron chi connectivity index (χ4n) is 4.09. The van der Waals surface area contributed by atoms with Gasteiger partial charge in [-0.2, -0.15) is 0 Å². The molecule has 1 aromatic heterocycles. The zero-order valence-electron chi connectivity index (χ0n) is 14.2. The molecule has 0 amide bonds. The Morgan fingerprint density at radius 1 is 0.960 bits per heavy atom. The maximum absolute atomic E-state index is 10.8. The van der Waals surface area contributed by atoms with Gasteiger partial charge in [-0.1, -0.05) is 72.2 Å². The van der Waals surface area contributed by atoms with E-state index >= 15 is 0 Å². The summed E-state index contributed by atoms with van der Waals surface area (Å²) >= 11 is 3.53. The topological polar surface area (TPSA) is 45.4 Å². The lowest BCUT2D eigenvalue weighted by Gasteiger charge is -2.25. The molecule has 0 unspecified atom stereocenters. The largest absolute Gasteiger partial charge is 0.494 e. The molecule has 25 heavy (non-hydrogen) atoms. The summed E-state index contributed by atoms with van der Waals surface area (Å²) in [5.74, 6) is 0.574. The zero-order valence-corrected chi connectivity index (χ0v) is 15.8. The second-order valence-electron chi connectivity index (χ2n) is 6.94. The van der Waals surface area contributed by atoms with Crippen LogP contribution in [0.4, 0.5) is 0 Å². The third kappa shape index (κ3) is 2.24. The highest BCUT2D eigenvalue weighted by molar-refractivity contribution is 9.10. The first kappa shape index (κ1) is 16.3. The van der Waals surface area contributed by atoms with Gasteiger partial charge in [0, 0.05) is 15.6 Å². The van der Waals surface area contributed by atoms with Gasteiger partial charge in [-0.3, -0.25) is 4.57 Å². The number of fused-ring (bicyclic) bond motifs is 1. The summed E-state index contributed by atoms with van der Waals surface area (Å²) in [5, 5.41) is 21.7. The van der Waals surface area contributed by atoms with Crippen molar-refractivity contribution in [1.29, 1.82) is 0 Å². The van der Waals surface area contributed by atoms with Gasteiger partial charge in [0.15, 0.2) is 11.8 Å². The molecule has 0 fully saturated rings. The highest BCUT2D eigenvalue weighted by Gasteiger charge is 2.61. The molecule has 1 heterocycles. The maximum Gasteiger partial charge on any atom is 0.199 e. The van der Waals surface area contributed by atoms with Gasteiger partial charge < -0.3 is 10.2 Å². The number of nitrogens with zero attached hydrogens (tertiary/aromatic N) is 1. The van der Waals surface area contributed by atoms with Gasteiger partial charge in [0.25, 0.3) is 0 Å². The summed E-state index contributed by atoms with van der Waals surface area (Å²) in [7, 11) is 0. The Balaban J connectivity index is 1.80. The first-order chi connectivity index (χ1) is 12.0. The van der Waals surface area contributed by atoms with Crippen molar-refractivity contribution in [3.63, 3.8) is 0 Å². The van der Waals surface area contributed by atoms with Crippen molar-refractivity contribution < 1.29 is 10.2 Å². The van der Waals surface area contributed by atoms with Gasteiger partial charge in [-0.15, -0.1) is 0 Å². The first-order valence-electron chi connectivity index (χ1n) is 8.43. The van der Waals surface area contributed by atoms with Gasteiger partial charge in [0.2, 0.25) is 0 Å². The van der Waals surface area contributed by atoms with Crippen molar-refractivity contribution in [2.24, 2.45) is 5.92 Å². The second-order valence-corrected chi connectivity index (χ2v) is 7.86. The molecule has 4 rings (SSSR count). The summed E-state index contributed by atoms with van der Waals surface area (Å²) < 4.78 is 2.59. The quantitative estimate of drug-likeness (QED) is 0.649. The zero-order chi connectivity index (χ0) is 17.8. The fraction of sp³-hybridized carbons (Fsp3) is 0.238. The van der Waals surface area contributed by atoms with Gasteiger partial charge in [0.05, 0.1) is 12.0 Å². The average molecular weight is 398 g/mol. The van der Waals surface area contributed by atoms with Crippen LogP contribution >= 0.6 is 15.9 Å². The third-order valence-corrected chi connectivity index (χ3v) is 5.76. The summed E-state index contributed by atoms with van der Waals surface area (Å²) in [6.45, 7) is 4.71. The van der Waals surface area contributed by atoms with Crippen LogP contribution in [0.3, 0.4) is 0 Å². The summed E-state index contributed by atoms with van der Waals surface area (Å²) in [5.41, 5.74) is 3.45. The molecule has 1 aliphatic carbocycles. The van der Waals surface area contributed by atoms with Crippen LogP contribution in [-0.4, -0.2) is 14.8 Å². The highest BCUT2D eigenvalue weighted by Crippen LogP contribution is 2.67. The minimum Gasteiger partial charge on any atom is -0.494 e. The highest BCUT2D eigenvalue weighted by atomic mass is 79.9. The molecule has 2 aromatic carbocycles. The number of aromatic hydroxyl groups is 2. The maximum atomic E-state index is 10.8. The van der Waals surface area contributed by atoms with E-state index in [9.17, 15) is 10.2 Å². The van der Waals surface area contributed by atoms with Crippen LogP contribution in [0.1, 0.15) is 36.1 Å². The second kappa shape index (κ2) is 5.67. The Kier molecular flexibility index (Phi) is 3.69. The van der Waals surface area contributed by atoms with Crippen molar-refractivity contribution in [2.75, 3.05) is 0 Å². The van der Waals surface area contributed by atoms with Crippen LogP contribution < -0.4 is 0 Å².